The van der Waals surface area contributed by atoms with E-state index >= 15 is 0 Å². The highest BCUT2D eigenvalue weighted by Crippen LogP contribution is 2.39. The van der Waals surface area contributed by atoms with Crippen LogP contribution >= 0.6 is 0 Å². The van der Waals surface area contributed by atoms with Gasteiger partial charge in [0.15, 0.2) is 0 Å². The van der Waals surface area contributed by atoms with Crippen LogP contribution in [0.25, 0.3) is 0 Å². The number of hydrogen-bond acceptors (Lipinski definition) is 2. The number of benzene rings is 2. The summed E-state index contributed by atoms with van der Waals surface area (Å²) in [6, 6.07) is 11.6. The van der Waals surface area contributed by atoms with Crippen LogP contribution in [0.4, 0.5) is 0 Å². The van der Waals surface area contributed by atoms with Gasteiger partial charge in [0.2, 0.25) is 0 Å². The molecule has 0 aromatic heterocycles. The van der Waals surface area contributed by atoms with Gasteiger partial charge in [-0.05, 0) is 34.1 Å². The van der Waals surface area contributed by atoms with E-state index in [4.69, 9.17) is 0 Å². The van der Waals surface area contributed by atoms with E-state index < -0.39 is 0 Å². The van der Waals surface area contributed by atoms with Gasteiger partial charge >= 0.3 is 0 Å². The highest BCUT2D eigenvalue weighted by atomic mass is 16.3. The molecule has 0 unspecified atom stereocenters. The van der Waals surface area contributed by atoms with Gasteiger partial charge < -0.3 is 10.2 Å². The molecule has 2 rings (SSSR count). The number of rotatable bonds is 2. The summed E-state index contributed by atoms with van der Waals surface area (Å²) in [5, 5.41) is 20.7. The normalized spacial score (nSPS) is 12.7. The van der Waals surface area contributed by atoms with Crippen LogP contribution in [0, 0.1) is 0 Å². The number of phenolic OH excluding ortho intramolecular Hbond substituents is 2. The molecule has 2 N–H and O–H groups in total. The van der Waals surface area contributed by atoms with Crippen LogP contribution in [0.5, 0.6) is 11.5 Å². The molecule has 0 aliphatic rings. The van der Waals surface area contributed by atoms with Crippen molar-refractivity contribution in [3.8, 4) is 11.5 Å². The zero-order chi connectivity index (χ0) is 18.3. The molecule has 0 radical (unpaired) electrons. The minimum atomic E-state index is -0.0883. The summed E-state index contributed by atoms with van der Waals surface area (Å²) in [7, 11) is 0. The molecule has 0 bridgehead atoms. The lowest BCUT2D eigenvalue weighted by Crippen LogP contribution is -2.13. The lowest BCUT2D eigenvalue weighted by Gasteiger charge is -2.24. The Hall–Kier alpha value is -1.96. The van der Waals surface area contributed by atoms with E-state index in [1.54, 1.807) is 12.1 Å². The first-order valence-corrected chi connectivity index (χ1v) is 8.58. The van der Waals surface area contributed by atoms with Gasteiger partial charge in [-0.15, -0.1) is 0 Å². The van der Waals surface area contributed by atoms with Gasteiger partial charge in [0.05, 0.1) is 0 Å². The fraction of sp³-hybridized carbons (Fsp3) is 0.455. The van der Waals surface area contributed by atoms with Crippen LogP contribution in [-0.2, 0) is 10.8 Å². The van der Waals surface area contributed by atoms with E-state index in [2.05, 4.69) is 53.7 Å². The number of aromatic hydroxyl groups is 2. The maximum absolute atomic E-state index is 10.4. The average Bonchev–Trinajstić information content (AvgIpc) is 2.45. The Morgan fingerprint density at radius 3 is 1.29 bits per heavy atom. The van der Waals surface area contributed by atoms with Crippen molar-refractivity contribution in [3.63, 3.8) is 0 Å². The third-order valence-electron chi connectivity index (χ3n) is 4.72. The molecule has 0 aliphatic heterocycles. The second-order valence-electron chi connectivity index (χ2n) is 8.77. The van der Waals surface area contributed by atoms with E-state index in [9.17, 15) is 10.2 Å². The Morgan fingerprint density at radius 1 is 0.667 bits per heavy atom. The van der Waals surface area contributed by atoms with Crippen LogP contribution < -0.4 is 0 Å². The first kappa shape index (κ1) is 18.4. The quantitative estimate of drug-likeness (QED) is 0.727. The van der Waals surface area contributed by atoms with Gasteiger partial charge in [-0.1, -0.05) is 72.7 Å². The Morgan fingerprint density at radius 2 is 1.00 bits per heavy atom. The molecular formula is C22H30O2. The Balaban J connectivity index is 2.55. The van der Waals surface area contributed by atoms with Crippen molar-refractivity contribution >= 4 is 0 Å². The van der Waals surface area contributed by atoms with Crippen molar-refractivity contribution in [1.82, 2.24) is 0 Å². The summed E-state index contributed by atoms with van der Waals surface area (Å²) in [6.45, 7) is 15.0. The summed E-state index contributed by atoms with van der Waals surface area (Å²) < 4.78 is 0. The van der Waals surface area contributed by atoms with Crippen LogP contribution in [0.3, 0.4) is 0 Å². The molecule has 2 heteroatoms. The molecule has 0 fully saturated rings. The minimum absolute atomic E-state index is 0.0114. The molecule has 24 heavy (non-hydrogen) atoms. The average molecular weight is 326 g/mol. The second-order valence-corrected chi connectivity index (χ2v) is 8.77. The van der Waals surface area contributed by atoms with Crippen LogP contribution in [0.1, 0.15) is 76.6 Å². The molecule has 2 aromatic rings. The fourth-order valence-corrected chi connectivity index (χ4v) is 2.90. The maximum Gasteiger partial charge on any atom is 0.119 e. The van der Waals surface area contributed by atoms with E-state index in [1.165, 1.54) is 11.1 Å². The van der Waals surface area contributed by atoms with E-state index in [-0.39, 0.29) is 28.2 Å². The van der Waals surface area contributed by atoms with E-state index in [0.29, 0.717) is 0 Å². The first-order valence-electron chi connectivity index (χ1n) is 8.58. The van der Waals surface area contributed by atoms with Crippen molar-refractivity contribution in [2.45, 2.75) is 65.2 Å². The largest absolute Gasteiger partial charge is 0.508 e. The molecule has 0 amide bonds. The SMILES string of the molecule is CC(c1cc(C(C)(C)C)ccc1O)c1cc(C(C)(C)C)ccc1O. The van der Waals surface area contributed by atoms with Crippen molar-refractivity contribution in [1.29, 1.82) is 0 Å². The molecule has 0 aliphatic carbocycles. The van der Waals surface area contributed by atoms with Crippen LogP contribution in [-0.4, -0.2) is 10.2 Å². The third-order valence-corrected chi connectivity index (χ3v) is 4.72. The monoisotopic (exact) mass is 326 g/mol. The van der Waals surface area contributed by atoms with E-state index in [0.717, 1.165) is 11.1 Å². The predicted octanol–water partition coefficient (Wildman–Crippen LogP) is 5.84. The fourth-order valence-electron chi connectivity index (χ4n) is 2.90. The van der Waals surface area contributed by atoms with Gasteiger partial charge in [0.25, 0.3) is 0 Å². The predicted molar refractivity (Wildman–Crippen MR) is 101 cm³/mol. The number of phenols is 2. The summed E-state index contributed by atoms with van der Waals surface area (Å²) in [5.74, 6) is 0.460. The molecule has 0 spiro atoms. The second kappa shape index (κ2) is 6.16. The molecular weight excluding hydrogens is 296 g/mol. The molecule has 2 aromatic carbocycles. The third kappa shape index (κ3) is 3.75. The summed E-state index contributed by atoms with van der Waals surface area (Å²) in [4.78, 5) is 0. The lowest BCUT2D eigenvalue weighted by atomic mass is 9.81. The van der Waals surface area contributed by atoms with Crippen LogP contribution in [0.2, 0.25) is 0 Å². The Labute approximate surface area is 146 Å². The van der Waals surface area contributed by atoms with Crippen LogP contribution in [0.15, 0.2) is 36.4 Å². The highest BCUT2D eigenvalue weighted by molar-refractivity contribution is 5.49. The van der Waals surface area contributed by atoms with Gasteiger partial charge in [-0.2, -0.15) is 0 Å². The van der Waals surface area contributed by atoms with Gasteiger partial charge in [-0.3, -0.25) is 0 Å². The Bertz CT molecular complexity index is 667. The molecule has 130 valence electrons. The zero-order valence-corrected chi connectivity index (χ0v) is 15.9. The standard InChI is InChI=1S/C22H30O2/c1-14(17-12-15(21(2,3)4)8-10-19(17)23)18-13-16(22(5,6)7)9-11-20(18)24/h8-14,23-24H,1-7H3. The van der Waals surface area contributed by atoms with E-state index in [1.807, 2.05) is 19.1 Å². The van der Waals surface area contributed by atoms with Crippen molar-refractivity contribution in [3.05, 3.63) is 58.7 Å². The molecule has 0 atom stereocenters. The maximum atomic E-state index is 10.4. The topological polar surface area (TPSA) is 40.5 Å². The van der Waals surface area contributed by atoms with Gasteiger partial charge in [0, 0.05) is 17.0 Å². The summed E-state index contributed by atoms with van der Waals surface area (Å²) in [5.41, 5.74) is 4.07. The molecule has 0 saturated carbocycles. The highest BCUT2D eigenvalue weighted by Gasteiger charge is 2.22. The smallest absolute Gasteiger partial charge is 0.119 e. The number of hydrogen-bond donors (Lipinski definition) is 2. The molecule has 2 nitrogen and oxygen atoms in total. The minimum Gasteiger partial charge on any atom is -0.508 e. The van der Waals surface area contributed by atoms with Gasteiger partial charge in [-0.25, -0.2) is 0 Å². The van der Waals surface area contributed by atoms with Crippen molar-refractivity contribution < 1.29 is 10.2 Å². The van der Waals surface area contributed by atoms with Gasteiger partial charge in [0.1, 0.15) is 11.5 Å². The summed E-state index contributed by atoms with van der Waals surface area (Å²) in [6.07, 6.45) is 0. The molecule has 0 saturated heterocycles. The molecule has 0 heterocycles. The zero-order valence-electron chi connectivity index (χ0n) is 15.9. The Kier molecular flexibility index (Phi) is 4.72. The van der Waals surface area contributed by atoms with Crippen molar-refractivity contribution in [2.24, 2.45) is 0 Å². The van der Waals surface area contributed by atoms with Crippen molar-refractivity contribution in [2.75, 3.05) is 0 Å². The summed E-state index contributed by atoms with van der Waals surface area (Å²) >= 11 is 0. The lowest BCUT2D eigenvalue weighted by molar-refractivity contribution is 0.455. The first-order chi connectivity index (χ1) is 10.9.